The van der Waals surface area contributed by atoms with Gasteiger partial charge in [-0.2, -0.15) is 0 Å². The van der Waals surface area contributed by atoms with Gasteiger partial charge in [-0.1, -0.05) is 6.07 Å². The SMILES string of the molecule is C[C@H]1Cc2nc(N)ccc2CN1C(=O)OC(C)(C)C. The van der Waals surface area contributed by atoms with Crippen molar-refractivity contribution >= 4 is 11.9 Å². The second-order valence-electron chi connectivity index (χ2n) is 6.00. The van der Waals surface area contributed by atoms with Crippen molar-refractivity contribution in [2.45, 2.75) is 52.3 Å². The van der Waals surface area contributed by atoms with Crippen LogP contribution in [0.2, 0.25) is 0 Å². The molecular formula is C14H21N3O2. The molecular weight excluding hydrogens is 242 g/mol. The monoisotopic (exact) mass is 263 g/mol. The van der Waals surface area contributed by atoms with Crippen molar-refractivity contribution in [3.05, 3.63) is 23.4 Å². The molecule has 0 saturated carbocycles. The molecule has 0 fully saturated rings. The first-order chi connectivity index (χ1) is 8.76. The molecule has 1 atom stereocenters. The summed E-state index contributed by atoms with van der Waals surface area (Å²) >= 11 is 0. The Morgan fingerprint density at radius 2 is 2.16 bits per heavy atom. The molecule has 0 bridgehead atoms. The van der Waals surface area contributed by atoms with Crippen LogP contribution in [-0.4, -0.2) is 27.6 Å². The van der Waals surface area contributed by atoms with E-state index in [9.17, 15) is 4.79 Å². The molecule has 5 heteroatoms. The lowest BCUT2D eigenvalue weighted by Gasteiger charge is -2.35. The van der Waals surface area contributed by atoms with Gasteiger partial charge in [0.05, 0.1) is 6.54 Å². The Morgan fingerprint density at radius 1 is 1.47 bits per heavy atom. The van der Waals surface area contributed by atoms with Crippen LogP contribution in [0.15, 0.2) is 12.1 Å². The van der Waals surface area contributed by atoms with Crippen LogP contribution in [0.3, 0.4) is 0 Å². The van der Waals surface area contributed by atoms with E-state index in [4.69, 9.17) is 10.5 Å². The predicted octanol–water partition coefficient (Wildman–Crippen LogP) is 2.35. The summed E-state index contributed by atoms with van der Waals surface area (Å²) in [6.07, 6.45) is 0.432. The van der Waals surface area contributed by atoms with E-state index in [1.807, 2.05) is 33.8 Å². The summed E-state index contributed by atoms with van der Waals surface area (Å²) in [7, 11) is 0. The molecule has 19 heavy (non-hydrogen) atoms. The van der Waals surface area contributed by atoms with E-state index < -0.39 is 5.60 Å². The van der Waals surface area contributed by atoms with E-state index in [0.717, 1.165) is 11.3 Å². The van der Waals surface area contributed by atoms with Crippen molar-refractivity contribution in [2.75, 3.05) is 5.73 Å². The topological polar surface area (TPSA) is 68.5 Å². The minimum absolute atomic E-state index is 0.0663. The zero-order chi connectivity index (χ0) is 14.2. The molecule has 1 amide bonds. The van der Waals surface area contributed by atoms with Crippen LogP contribution in [0.5, 0.6) is 0 Å². The van der Waals surface area contributed by atoms with Crippen molar-refractivity contribution in [3.8, 4) is 0 Å². The molecule has 0 saturated heterocycles. The number of anilines is 1. The molecule has 2 N–H and O–H groups in total. The van der Waals surface area contributed by atoms with Gasteiger partial charge in [0.25, 0.3) is 0 Å². The lowest BCUT2D eigenvalue weighted by molar-refractivity contribution is 0.0136. The largest absolute Gasteiger partial charge is 0.444 e. The summed E-state index contributed by atoms with van der Waals surface area (Å²) in [5, 5.41) is 0. The van der Waals surface area contributed by atoms with Crippen LogP contribution in [-0.2, 0) is 17.7 Å². The van der Waals surface area contributed by atoms with Crippen molar-refractivity contribution in [3.63, 3.8) is 0 Å². The van der Waals surface area contributed by atoms with Gasteiger partial charge in [-0.15, -0.1) is 0 Å². The Bertz CT molecular complexity index is 494. The van der Waals surface area contributed by atoms with Crippen LogP contribution in [0.4, 0.5) is 10.6 Å². The number of nitrogen functional groups attached to an aromatic ring is 1. The highest BCUT2D eigenvalue weighted by Crippen LogP contribution is 2.24. The number of carbonyl (C=O) groups is 1. The Hall–Kier alpha value is -1.78. The Labute approximate surface area is 113 Å². The molecule has 0 unspecified atom stereocenters. The second kappa shape index (κ2) is 4.72. The molecule has 1 aromatic rings. The van der Waals surface area contributed by atoms with Crippen LogP contribution < -0.4 is 5.73 Å². The van der Waals surface area contributed by atoms with Gasteiger partial charge in [0.15, 0.2) is 0 Å². The molecule has 0 spiro atoms. The third-order valence-corrected chi connectivity index (χ3v) is 3.08. The minimum Gasteiger partial charge on any atom is -0.444 e. The van der Waals surface area contributed by atoms with E-state index in [-0.39, 0.29) is 12.1 Å². The first-order valence-electron chi connectivity index (χ1n) is 6.50. The standard InChI is InChI=1S/C14H21N3O2/c1-9-7-11-10(5-6-12(15)16-11)8-17(9)13(18)19-14(2,3)4/h5-6,9H,7-8H2,1-4H3,(H2,15,16)/t9-/m0/s1. The third-order valence-electron chi connectivity index (χ3n) is 3.08. The molecule has 0 aliphatic carbocycles. The zero-order valence-electron chi connectivity index (χ0n) is 11.9. The van der Waals surface area contributed by atoms with Crippen LogP contribution >= 0.6 is 0 Å². The first kappa shape index (κ1) is 13.6. The number of nitrogens with two attached hydrogens (primary N) is 1. The van der Waals surface area contributed by atoms with Gasteiger partial charge < -0.3 is 15.4 Å². The number of carbonyl (C=O) groups excluding carboxylic acids is 1. The maximum Gasteiger partial charge on any atom is 0.410 e. The number of pyridine rings is 1. The van der Waals surface area contributed by atoms with Gasteiger partial charge in [-0.3, -0.25) is 0 Å². The molecule has 0 radical (unpaired) electrons. The Balaban J connectivity index is 2.17. The van der Waals surface area contributed by atoms with Crippen molar-refractivity contribution in [1.29, 1.82) is 0 Å². The average molecular weight is 263 g/mol. The summed E-state index contributed by atoms with van der Waals surface area (Å²) in [6.45, 7) is 8.14. The fourth-order valence-electron chi connectivity index (χ4n) is 2.16. The molecule has 0 aromatic carbocycles. The maximum absolute atomic E-state index is 12.2. The highest BCUT2D eigenvalue weighted by molar-refractivity contribution is 5.69. The highest BCUT2D eigenvalue weighted by Gasteiger charge is 2.30. The van der Waals surface area contributed by atoms with Crippen LogP contribution in [0.25, 0.3) is 0 Å². The van der Waals surface area contributed by atoms with Crippen LogP contribution in [0.1, 0.15) is 39.0 Å². The number of amides is 1. The summed E-state index contributed by atoms with van der Waals surface area (Å²) in [5.41, 5.74) is 7.23. The van der Waals surface area contributed by atoms with Gasteiger partial charge in [0.2, 0.25) is 0 Å². The summed E-state index contributed by atoms with van der Waals surface area (Å²) in [6, 6.07) is 3.76. The number of hydrogen-bond donors (Lipinski definition) is 1. The Morgan fingerprint density at radius 3 is 2.79 bits per heavy atom. The molecule has 5 nitrogen and oxygen atoms in total. The number of fused-ring (bicyclic) bond motifs is 1. The normalized spacial score (nSPS) is 18.9. The van der Waals surface area contributed by atoms with Crippen molar-refractivity contribution in [2.24, 2.45) is 0 Å². The highest BCUT2D eigenvalue weighted by atomic mass is 16.6. The number of hydrogen-bond acceptors (Lipinski definition) is 4. The van der Waals surface area contributed by atoms with E-state index in [1.54, 1.807) is 11.0 Å². The van der Waals surface area contributed by atoms with Gasteiger partial charge in [-0.25, -0.2) is 9.78 Å². The number of rotatable bonds is 0. The smallest absolute Gasteiger partial charge is 0.410 e. The minimum atomic E-state index is -0.476. The third kappa shape index (κ3) is 3.16. The van der Waals surface area contributed by atoms with E-state index in [1.165, 1.54) is 0 Å². The van der Waals surface area contributed by atoms with Gasteiger partial charge in [-0.05, 0) is 39.3 Å². The lowest BCUT2D eigenvalue weighted by Crippen LogP contribution is -2.45. The zero-order valence-corrected chi connectivity index (χ0v) is 11.9. The average Bonchev–Trinajstić information content (AvgIpc) is 2.25. The van der Waals surface area contributed by atoms with E-state index >= 15 is 0 Å². The quantitative estimate of drug-likeness (QED) is 0.780. The van der Waals surface area contributed by atoms with E-state index in [0.29, 0.717) is 18.8 Å². The van der Waals surface area contributed by atoms with Gasteiger partial charge in [0, 0.05) is 18.2 Å². The fourth-order valence-corrected chi connectivity index (χ4v) is 2.16. The maximum atomic E-state index is 12.2. The molecule has 1 aliphatic rings. The van der Waals surface area contributed by atoms with Crippen molar-refractivity contribution in [1.82, 2.24) is 9.88 Å². The summed E-state index contributed by atoms with van der Waals surface area (Å²) < 4.78 is 5.43. The second-order valence-corrected chi connectivity index (χ2v) is 6.00. The summed E-state index contributed by atoms with van der Waals surface area (Å²) in [4.78, 5) is 18.2. The van der Waals surface area contributed by atoms with Crippen LogP contribution in [0, 0.1) is 0 Å². The van der Waals surface area contributed by atoms with Gasteiger partial charge >= 0.3 is 6.09 Å². The fraction of sp³-hybridized carbons (Fsp3) is 0.571. The molecule has 104 valence electrons. The molecule has 2 heterocycles. The first-order valence-corrected chi connectivity index (χ1v) is 6.50. The molecule has 1 aromatic heterocycles. The lowest BCUT2D eigenvalue weighted by atomic mass is 10.0. The predicted molar refractivity (Wildman–Crippen MR) is 73.6 cm³/mol. The number of ether oxygens (including phenoxy) is 1. The number of nitrogens with zero attached hydrogens (tertiary/aromatic N) is 2. The van der Waals surface area contributed by atoms with Crippen molar-refractivity contribution < 1.29 is 9.53 Å². The number of aromatic nitrogens is 1. The molecule has 1 aliphatic heterocycles. The summed E-state index contributed by atoms with van der Waals surface area (Å²) in [5.74, 6) is 0.525. The van der Waals surface area contributed by atoms with E-state index in [2.05, 4.69) is 4.98 Å². The Kier molecular flexibility index (Phi) is 3.39. The van der Waals surface area contributed by atoms with Gasteiger partial charge in [0.1, 0.15) is 11.4 Å². The molecule has 2 rings (SSSR count).